The zero-order valence-corrected chi connectivity index (χ0v) is 29.3. The minimum atomic E-state index is -2.08. The molecule has 0 aliphatic carbocycles. The zero-order chi connectivity index (χ0) is 34.8. The van der Waals surface area contributed by atoms with Crippen molar-refractivity contribution in [2.45, 2.75) is 70.6 Å². The van der Waals surface area contributed by atoms with Crippen molar-refractivity contribution < 1.29 is 37.9 Å². The van der Waals surface area contributed by atoms with E-state index in [0.29, 0.717) is 44.8 Å². The van der Waals surface area contributed by atoms with Crippen molar-refractivity contribution in [3.05, 3.63) is 76.6 Å². The predicted octanol–water partition coefficient (Wildman–Crippen LogP) is 6.76. The van der Waals surface area contributed by atoms with E-state index in [-0.39, 0.29) is 52.6 Å². The summed E-state index contributed by atoms with van der Waals surface area (Å²) in [6.45, 7) is 19.8. The Morgan fingerprint density at radius 1 is 1.11 bits per heavy atom. The van der Waals surface area contributed by atoms with Gasteiger partial charge in [-0.2, -0.15) is 0 Å². The molecule has 2 heterocycles. The first-order valence-electron chi connectivity index (χ1n) is 15.6. The second-order valence-corrected chi connectivity index (χ2v) is 17.8. The number of esters is 1. The number of methoxy groups -OCH3 is 1. The molecule has 1 atom stereocenters. The Hall–Kier alpha value is -4.23. The third-order valence-corrected chi connectivity index (χ3v) is 12.9. The van der Waals surface area contributed by atoms with Crippen LogP contribution in [0.5, 0.6) is 17.2 Å². The van der Waals surface area contributed by atoms with Crippen LogP contribution in [-0.2, 0) is 9.16 Å². The van der Waals surface area contributed by atoms with Crippen LogP contribution in [0.4, 0.5) is 5.69 Å². The molecule has 12 nitrogen and oxygen atoms in total. The van der Waals surface area contributed by atoms with Crippen molar-refractivity contribution in [1.29, 1.82) is 0 Å². The zero-order valence-electron chi connectivity index (χ0n) is 28.3. The molecular formula is C34H47N3O9Si. The molecule has 0 radical (unpaired) electrons. The number of benzene rings is 1. The molecule has 1 aliphatic rings. The molecule has 2 aromatic rings. The van der Waals surface area contributed by atoms with E-state index in [4.69, 9.17) is 23.4 Å². The van der Waals surface area contributed by atoms with Crippen molar-refractivity contribution in [1.82, 2.24) is 9.88 Å². The molecule has 256 valence electrons. The van der Waals surface area contributed by atoms with Gasteiger partial charge in [-0.3, -0.25) is 19.9 Å². The summed E-state index contributed by atoms with van der Waals surface area (Å²) < 4.78 is 28.5. The smallest absolute Gasteiger partial charge is 0.340 e. The van der Waals surface area contributed by atoms with Gasteiger partial charge in [-0.25, -0.2) is 4.79 Å². The monoisotopic (exact) mass is 669 g/mol. The van der Waals surface area contributed by atoms with Crippen LogP contribution in [-0.4, -0.2) is 81.1 Å². The van der Waals surface area contributed by atoms with Crippen LogP contribution >= 0.6 is 0 Å². The van der Waals surface area contributed by atoms with Gasteiger partial charge in [-0.05, 0) is 49.9 Å². The number of hydrogen-bond donors (Lipinski definition) is 0. The van der Waals surface area contributed by atoms with Gasteiger partial charge in [0.2, 0.25) is 0 Å². The van der Waals surface area contributed by atoms with Gasteiger partial charge in [-0.1, -0.05) is 45.6 Å². The molecule has 1 saturated heterocycles. The molecule has 0 saturated carbocycles. The molecule has 0 unspecified atom stereocenters. The van der Waals surface area contributed by atoms with Crippen molar-refractivity contribution in [3.8, 4) is 17.2 Å². The topological polar surface area (TPSA) is 140 Å². The van der Waals surface area contributed by atoms with Crippen molar-refractivity contribution in [2.24, 2.45) is 0 Å². The van der Waals surface area contributed by atoms with E-state index < -0.39 is 25.1 Å². The number of nitro groups is 1. The third kappa shape index (κ3) is 10.1. The van der Waals surface area contributed by atoms with Crippen LogP contribution in [0.1, 0.15) is 67.2 Å². The lowest BCUT2D eigenvalue weighted by Gasteiger charge is -2.38. The number of carbonyl (C=O) groups excluding carboxylic acids is 2. The summed E-state index contributed by atoms with van der Waals surface area (Å²) in [5.41, 5.74) is 0.729. The molecule has 1 aromatic carbocycles. The number of rotatable bonds is 17. The fraction of sp³-hybridized carbons (Fsp3) is 0.500. The fourth-order valence-electron chi connectivity index (χ4n) is 4.66. The Morgan fingerprint density at radius 3 is 2.45 bits per heavy atom. The van der Waals surface area contributed by atoms with Gasteiger partial charge in [0.15, 0.2) is 19.8 Å². The highest BCUT2D eigenvalue weighted by molar-refractivity contribution is 6.74. The molecule has 0 spiro atoms. The average molecular weight is 670 g/mol. The Kier molecular flexibility index (Phi) is 13.1. The molecule has 1 amide bonds. The van der Waals surface area contributed by atoms with Crippen molar-refractivity contribution in [3.63, 3.8) is 0 Å². The van der Waals surface area contributed by atoms with Crippen LogP contribution in [0.3, 0.4) is 0 Å². The number of ether oxygens (including phenoxy) is 4. The van der Waals surface area contributed by atoms with Gasteiger partial charge < -0.3 is 28.3 Å². The number of unbranched alkanes of at least 4 members (excludes halogenated alkanes) is 2. The number of nitro benzene ring substituents is 1. The normalized spacial score (nSPS) is 14.9. The van der Waals surface area contributed by atoms with Crippen LogP contribution in [0, 0.1) is 10.1 Å². The summed E-state index contributed by atoms with van der Waals surface area (Å²) in [6.07, 6.45) is 7.06. The molecule has 1 aliphatic heterocycles. The Bertz CT molecular complexity index is 1450. The summed E-state index contributed by atoms with van der Waals surface area (Å²) in [4.78, 5) is 43.0. The summed E-state index contributed by atoms with van der Waals surface area (Å²) in [5.74, 6) is -0.117. The van der Waals surface area contributed by atoms with Crippen LogP contribution in [0.25, 0.3) is 0 Å². The molecule has 3 rings (SSSR count). The van der Waals surface area contributed by atoms with Gasteiger partial charge in [0.05, 0.1) is 55.7 Å². The maximum Gasteiger partial charge on any atom is 0.340 e. The SMILES string of the molecule is C=CCOC(=O)c1cncc(OCCCCCOc2cc([N+](=O)[O-])c(C(=O)N3CC(=C)C[C@H]3CO[Si](C)(C)C(C)(C)C)cc2OC)c1. The average Bonchev–Trinajstić information content (AvgIpc) is 3.41. The summed E-state index contributed by atoms with van der Waals surface area (Å²) in [5, 5.41) is 12.1. The number of likely N-dealkylation sites (tertiary alicyclic amines) is 1. The highest BCUT2D eigenvalue weighted by Gasteiger charge is 2.40. The predicted molar refractivity (Wildman–Crippen MR) is 181 cm³/mol. The first-order valence-corrected chi connectivity index (χ1v) is 18.6. The van der Waals surface area contributed by atoms with E-state index in [9.17, 15) is 19.7 Å². The Labute approximate surface area is 278 Å². The van der Waals surface area contributed by atoms with Crippen molar-refractivity contribution in [2.75, 3.05) is 40.1 Å². The number of pyridine rings is 1. The standard InChI is InChI=1S/C34H47N3O9Si/c1-9-13-45-33(39)25-17-27(21-35-20-25)43-14-11-10-12-15-44-31-19-29(37(40)41)28(18-30(31)42-6)32(38)36-22-24(2)16-26(36)23-46-47(7,8)34(3,4)5/h9,17-21,26H,1-2,10-16,22-23H2,3-8H3/t26-/m0/s1. The van der Waals surface area contributed by atoms with E-state index in [2.05, 4.69) is 52.0 Å². The maximum absolute atomic E-state index is 13.8. The number of carbonyl (C=O) groups is 2. The first kappa shape index (κ1) is 37.2. The summed E-state index contributed by atoms with van der Waals surface area (Å²) in [7, 11) is -0.651. The largest absolute Gasteiger partial charge is 0.493 e. The molecule has 1 aromatic heterocycles. The summed E-state index contributed by atoms with van der Waals surface area (Å²) in [6, 6.07) is 3.93. The highest BCUT2D eigenvalue weighted by Crippen LogP contribution is 2.39. The van der Waals surface area contributed by atoms with Gasteiger partial charge in [0.1, 0.15) is 17.9 Å². The lowest BCUT2D eigenvalue weighted by Crippen LogP contribution is -2.46. The fourth-order valence-corrected chi connectivity index (χ4v) is 5.71. The minimum Gasteiger partial charge on any atom is -0.493 e. The number of hydrogen-bond acceptors (Lipinski definition) is 10. The minimum absolute atomic E-state index is 0.00147. The van der Waals surface area contributed by atoms with E-state index in [1.165, 1.54) is 37.7 Å². The van der Waals surface area contributed by atoms with Crippen LogP contribution in [0.15, 0.2) is 55.4 Å². The van der Waals surface area contributed by atoms with Crippen LogP contribution in [0.2, 0.25) is 18.1 Å². The molecule has 1 fully saturated rings. The third-order valence-electron chi connectivity index (χ3n) is 8.37. The first-order chi connectivity index (χ1) is 22.2. The summed E-state index contributed by atoms with van der Waals surface area (Å²) >= 11 is 0. The molecule has 0 bridgehead atoms. The van der Waals surface area contributed by atoms with E-state index in [1.807, 2.05) is 0 Å². The number of aromatic nitrogens is 1. The second kappa shape index (κ2) is 16.5. The van der Waals surface area contributed by atoms with E-state index in [1.54, 1.807) is 11.0 Å². The second-order valence-electron chi connectivity index (χ2n) is 12.9. The molecule has 0 N–H and O–H groups in total. The number of nitrogens with zero attached hydrogens (tertiary/aromatic N) is 3. The molecule has 47 heavy (non-hydrogen) atoms. The van der Waals surface area contributed by atoms with Gasteiger partial charge in [0, 0.05) is 18.8 Å². The molecule has 13 heteroatoms. The van der Waals surface area contributed by atoms with E-state index in [0.717, 1.165) is 12.0 Å². The maximum atomic E-state index is 13.8. The van der Waals surface area contributed by atoms with Gasteiger partial charge in [-0.15, -0.1) is 0 Å². The van der Waals surface area contributed by atoms with Gasteiger partial charge in [0.25, 0.3) is 11.6 Å². The molecular weight excluding hydrogens is 622 g/mol. The van der Waals surface area contributed by atoms with E-state index >= 15 is 0 Å². The highest BCUT2D eigenvalue weighted by atomic mass is 28.4. The number of amides is 1. The quantitative estimate of drug-likeness (QED) is 0.0443. The van der Waals surface area contributed by atoms with Crippen LogP contribution < -0.4 is 14.2 Å². The lowest BCUT2D eigenvalue weighted by molar-refractivity contribution is -0.385. The Morgan fingerprint density at radius 2 is 1.81 bits per heavy atom. The van der Waals surface area contributed by atoms with Gasteiger partial charge >= 0.3 is 5.97 Å². The lowest BCUT2D eigenvalue weighted by atomic mass is 10.1. The van der Waals surface area contributed by atoms with Crippen molar-refractivity contribution >= 4 is 25.9 Å². The Balaban J connectivity index is 1.59.